The van der Waals surface area contributed by atoms with Gasteiger partial charge in [-0.1, -0.05) is 93.1 Å². The lowest BCUT2D eigenvalue weighted by molar-refractivity contribution is 0.255. The zero-order valence-electron chi connectivity index (χ0n) is 19.9. The number of allylic oxidation sites excluding steroid dienone is 1. The Kier molecular flexibility index (Phi) is 8.33. The molecule has 0 N–H and O–H groups in total. The zero-order valence-corrected chi connectivity index (χ0v) is 19.9. The highest BCUT2D eigenvalue weighted by atomic mass is 16.5. The lowest BCUT2D eigenvalue weighted by atomic mass is 10.0. The minimum Gasteiger partial charge on any atom is -0.496 e. The first kappa shape index (κ1) is 23.4. The van der Waals surface area contributed by atoms with Crippen LogP contribution in [0.1, 0.15) is 49.4 Å². The molecule has 32 heavy (non-hydrogen) atoms. The summed E-state index contributed by atoms with van der Waals surface area (Å²) in [4.78, 5) is 0. The number of hydrogen-bond acceptors (Lipinski definition) is 2. The van der Waals surface area contributed by atoms with E-state index in [-0.39, 0.29) is 0 Å². The van der Waals surface area contributed by atoms with Crippen molar-refractivity contribution in [2.75, 3.05) is 13.7 Å². The molecule has 0 saturated heterocycles. The van der Waals surface area contributed by atoms with Gasteiger partial charge in [-0.2, -0.15) is 0 Å². The summed E-state index contributed by atoms with van der Waals surface area (Å²) in [5, 5.41) is 0. The topological polar surface area (TPSA) is 18.5 Å². The van der Waals surface area contributed by atoms with E-state index in [1.807, 2.05) is 13.8 Å². The summed E-state index contributed by atoms with van der Waals surface area (Å²) in [6.07, 6.45) is 9.50. The molecule has 0 spiro atoms. The van der Waals surface area contributed by atoms with Gasteiger partial charge in [-0.25, -0.2) is 0 Å². The van der Waals surface area contributed by atoms with Crippen LogP contribution in [-0.2, 0) is 0 Å². The van der Waals surface area contributed by atoms with E-state index in [1.165, 1.54) is 16.7 Å². The molecule has 0 aliphatic carbocycles. The van der Waals surface area contributed by atoms with E-state index in [0.717, 1.165) is 34.6 Å². The molecule has 0 aliphatic heterocycles. The van der Waals surface area contributed by atoms with Gasteiger partial charge >= 0.3 is 0 Å². The first-order chi connectivity index (χ1) is 15.5. The van der Waals surface area contributed by atoms with E-state index in [1.54, 1.807) is 7.11 Å². The second kappa shape index (κ2) is 11.4. The number of ether oxygens (including phenoxy) is 2. The Morgan fingerprint density at radius 3 is 1.94 bits per heavy atom. The first-order valence-corrected chi connectivity index (χ1v) is 11.4. The van der Waals surface area contributed by atoms with Crippen molar-refractivity contribution in [1.29, 1.82) is 0 Å². The van der Waals surface area contributed by atoms with E-state index in [9.17, 15) is 0 Å². The molecular formula is C30H34O2. The van der Waals surface area contributed by atoms with Crippen LogP contribution >= 0.6 is 0 Å². The molecule has 2 heteroatoms. The summed E-state index contributed by atoms with van der Waals surface area (Å²) in [5.74, 6) is 2.30. The van der Waals surface area contributed by atoms with Crippen LogP contribution in [-0.4, -0.2) is 13.7 Å². The quantitative estimate of drug-likeness (QED) is 0.320. The summed E-state index contributed by atoms with van der Waals surface area (Å²) in [6.45, 7) is 9.19. The van der Waals surface area contributed by atoms with Crippen LogP contribution in [0, 0.1) is 12.8 Å². The summed E-state index contributed by atoms with van der Waals surface area (Å²) in [6, 6.07) is 21.4. The molecule has 0 amide bonds. The molecule has 166 valence electrons. The molecule has 0 fully saturated rings. The maximum absolute atomic E-state index is 6.15. The number of methoxy groups -OCH3 is 1. The minimum atomic E-state index is 0.522. The number of benzene rings is 3. The first-order valence-electron chi connectivity index (χ1n) is 11.4. The van der Waals surface area contributed by atoms with E-state index < -0.39 is 0 Å². The molecule has 3 aromatic rings. The van der Waals surface area contributed by atoms with Crippen LogP contribution < -0.4 is 9.47 Å². The highest BCUT2D eigenvalue weighted by Gasteiger charge is 2.09. The van der Waals surface area contributed by atoms with Gasteiger partial charge in [0.15, 0.2) is 0 Å². The Balaban J connectivity index is 1.80. The molecule has 3 aromatic carbocycles. The van der Waals surface area contributed by atoms with E-state index in [0.29, 0.717) is 12.5 Å². The van der Waals surface area contributed by atoms with E-state index in [4.69, 9.17) is 9.47 Å². The van der Waals surface area contributed by atoms with Crippen molar-refractivity contribution >= 4 is 18.2 Å². The van der Waals surface area contributed by atoms with Crippen molar-refractivity contribution in [2.24, 2.45) is 5.92 Å². The van der Waals surface area contributed by atoms with Crippen molar-refractivity contribution in [3.63, 3.8) is 0 Å². The van der Waals surface area contributed by atoms with Crippen LogP contribution in [0.3, 0.4) is 0 Å². The molecule has 0 aliphatic rings. The van der Waals surface area contributed by atoms with Gasteiger partial charge in [-0.3, -0.25) is 0 Å². The Bertz CT molecular complexity index is 1060. The fourth-order valence-electron chi connectivity index (χ4n) is 3.45. The monoisotopic (exact) mass is 426 g/mol. The van der Waals surface area contributed by atoms with Gasteiger partial charge in [0.25, 0.3) is 0 Å². The molecular weight excluding hydrogens is 392 g/mol. The van der Waals surface area contributed by atoms with Gasteiger partial charge in [0.05, 0.1) is 13.7 Å². The predicted molar refractivity (Wildman–Crippen MR) is 138 cm³/mol. The molecule has 0 radical (unpaired) electrons. The van der Waals surface area contributed by atoms with Crippen molar-refractivity contribution in [1.82, 2.24) is 0 Å². The largest absolute Gasteiger partial charge is 0.496 e. The Morgan fingerprint density at radius 1 is 0.812 bits per heavy atom. The standard InChI is InChI=1S/C30H34O2/c1-6-8-24-9-14-26(15-10-24)27-16-11-25(12-17-27)13-18-28-20-29(31-5)23(4)19-30(28)32-21-22(3)7-2/h6,8-20,22H,7,21H2,1-5H3/b8-6+,18-13+. The fourth-order valence-corrected chi connectivity index (χ4v) is 3.45. The second-order valence-corrected chi connectivity index (χ2v) is 8.26. The maximum Gasteiger partial charge on any atom is 0.127 e. The molecule has 1 unspecified atom stereocenters. The van der Waals surface area contributed by atoms with Crippen LogP contribution in [0.15, 0.2) is 66.7 Å². The Morgan fingerprint density at radius 2 is 1.41 bits per heavy atom. The normalized spacial score (nSPS) is 12.4. The third-order valence-corrected chi connectivity index (χ3v) is 5.72. The van der Waals surface area contributed by atoms with Gasteiger partial charge in [-0.05, 0) is 59.7 Å². The van der Waals surface area contributed by atoms with Gasteiger partial charge < -0.3 is 9.47 Å². The molecule has 1 atom stereocenters. The summed E-state index contributed by atoms with van der Waals surface area (Å²) in [5.41, 5.74) is 6.90. The van der Waals surface area contributed by atoms with E-state index >= 15 is 0 Å². The van der Waals surface area contributed by atoms with Gasteiger partial charge in [0, 0.05) is 5.56 Å². The van der Waals surface area contributed by atoms with Crippen LogP contribution in [0.2, 0.25) is 0 Å². The number of rotatable bonds is 9. The molecule has 3 rings (SSSR count). The van der Waals surface area contributed by atoms with Crippen molar-refractivity contribution < 1.29 is 9.47 Å². The van der Waals surface area contributed by atoms with E-state index in [2.05, 4.69) is 98.8 Å². The Labute approximate surface area is 193 Å². The lowest BCUT2D eigenvalue weighted by Crippen LogP contribution is -2.08. The number of hydrogen-bond donors (Lipinski definition) is 0. The van der Waals surface area contributed by atoms with Crippen molar-refractivity contribution in [2.45, 2.75) is 34.1 Å². The molecule has 0 saturated carbocycles. The summed E-state index contributed by atoms with van der Waals surface area (Å²) >= 11 is 0. The van der Waals surface area contributed by atoms with Crippen molar-refractivity contribution in [3.05, 3.63) is 89.0 Å². The molecule has 0 aromatic heterocycles. The predicted octanol–water partition coefficient (Wildman–Crippen LogP) is 8.30. The highest BCUT2D eigenvalue weighted by molar-refractivity contribution is 5.75. The smallest absolute Gasteiger partial charge is 0.127 e. The van der Waals surface area contributed by atoms with Crippen LogP contribution in [0.5, 0.6) is 11.5 Å². The van der Waals surface area contributed by atoms with Gasteiger partial charge in [-0.15, -0.1) is 0 Å². The third-order valence-electron chi connectivity index (χ3n) is 5.72. The van der Waals surface area contributed by atoms with Crippen molar-refractivity contribution in [3.8, 4) is 22.6 Å². The van der Waals surface area contributed by atoms with Crippen LogP contribution in [0.25, 0.3) is 29.4 Å². The Hall–Kier alpha value is -3.26. The molecule has 0 heterocycles. The van der Waals surface area contributed by atoms with Gasteiger partial charge in [0.1, 0.15) is 11.5 Å². The fraction of sp³-hybridized carbons (Fsp3) is 0.267. The van der Waals surface area contributed by atoms with Crippen LogP contribution in [0.4, 0.5) is 0 Å². The summed E-state index contributed by atoms with van der Waals surface area (Å²) in [7, 11) is 1.71. The minimum absolute atomic E-state index is 0.522. The maximum atomic E-state index is 6.15. The zero-order chi connectivity index (χ0) is 22.9. The second-order valence-electron chi connectivity index (χ2n) is 8.26. The highest BCUT2D eigenvalue weighted by Crippen LogP contribution is 2.31. The lowest BCUT2D eigenvalue weighted by Gasteiger charge is -2.15. The SMILES string of the molecule is C/C=C/c1ccc(-c2ccc(/C=C/c3cc(OC)c(C)cc3OCC(C)CC)cc2)cc1. The number of aryl methyl sites for hydroxylation is 1. The average molecular weight is 427 g/mol. The molecule has 2 nitrogen and oxygen atoms in total. The van der Waals surface area contributed by atoms with Gasteiger partial charge in [0.2, 0.25) is 0 Å². The summed E-state index contributed by atoms with van der Waals surface area (Å²) < 4.78 is 11.7. The average Bonchev–Trinajstić information content (AvgIpc) is 2.82. The molecule has 0 bridgehead atoms. The third kappa shape index (κ3) is 6.13.